The fourth-order valence-electron chi connectivity index (χ4n) is 2.23. The molecule has 0 heterocycles. The lowest BCUT2D eigenvalue weighted by Crippen LogP contribution is -2.36. The van der Waals surface area contributed by atoms with Crippen molar-refractivity contribution in [2.75, 3.05) is 26.5 Å². The number of rotatable bonds is 7. The van der Waals surface area contributed by atoms with Crippen LogP contribution in [-0.4, -0.2) is 44.1 Å². The van der Waals surface area contributed by atoms with Gasteiger partial charge in [-0.2, -0.15) is 0 Å². The minimum atomic E-state index is -0.306. The molecule has 6 nitrogen and oxygen atoms in total. The molecule has 0 bridgehead atoms. The smallest absolute Gasteiger partial charge is 0.319 e. The molecule has 0 unspecified atom stereocenters. The van der Waals surface area contributed by atoms with Crippen molar-refractivity contribution in [3.8, 4) is 5.75 Å². The summed E-state index contributed by atoms with van der Waals surface area (Å²) in [6, 6.07) is 4.74. The maximum Gasteiger partial charge on any atom is 0.319 e. The Morgan fingerprint density at radius 2 is 1.83 bits per heavy atom. The minimum absolute atomic E-state index is 0.0741. The molecule has 2 N–H and O–H groups in total. The molecule has 1 rings (SSSR count). The van der Waals surface area contributed by atoms with E-state index in [-0.39, 0.29) is 18.0 Å². The molecule has 0 saturated heterocycles. The number of nitrogens with one attached hydrogen (secondary N) is 2. The fraction of sp³-hybridized carbons (Fsp3) is 0.556. The molecule has 0 aromatic heterocycles. The average molecular weight is 335 g/mol. The number of hydrogen-bond donors (Lipinski definition) is 2. The summed E-state index contributed by atoms with van der Waals surface area (Å²) in [4.78, 5) is 25.7. The third-order valence-electron chi connectivity index (χ3n) is 3.66. The van der Waals surface area contributed by atoms with Crippen LogP contribution in [0.5, 0.6) is 5.75 Å². The number of ether oxygens (including phenoxy) is 1. The maximum atomic E-state index is 12.2. The first kappa shape index (κ1) is 19.8. The van der Waals surface area contributed by atoms with Crippen molar-refractivity contribution in [1.29, 1.82) is 0 Å². The number of benzene rings is 1. The molecule has 1 aromatic rings. The lowest BCUT2D eigenvalue weighted by molar-refractivity contribution is 0.0827. The van der Waals surface area contributed by atoms with Gasteiger partial charge in [0.2, 0.25) is 0 Å². The molecule has 0 spiro atoms. The number of urea groups is 1. The Labute approximate surface area is 144 Å². The van der Waals surface area contributed by atoms with Gasteiger partial charge in [-0.05, 0) is 43.9 Å². The van der Waals surface area contributed by atoms with Gasteiger partial charge in [-0.25, -0.2) is 4.79 Å². The van der Waals surface area contributed by atoms with Crippen LogP contribution >= 0.6 is 0 Å². The summed E-state index contributed by atoms with van der Waals surface area (Å²) in [5.41, 5.74) is 0.961. The summed E-state index contributed by atoms with van der Waals surface area (Å²) in [5, 5.41) is 5.67. The van der Waals surface area contributed by atoms with Crippen LogP contribution in [0.1, 0.15) is 44.0 Å². The van der Waals surface area contributed by atoms with E-state index >= 15 is 0 Å². The number of nitrogens with zero attached hydrogens (tertiary/aromatic N) is 1. The van der Waals surface area contributed by atoms with Gasteiger partial charge >= 0.3 is 6.03 Å². The van der Waals surface area contributed by atoms with Gasteiger partial charge in [0.1, 0.15) is 5.75 Å². The molecule has 1 aromatic carbocycles. The highest BCUT2D eigenvalue weighted by Crippen LogP contribution is 2.26. The van der Waals surface area contributed by atoms with Crippen LogP contribution in [0, 0.1) is 5.92 Å². The number of carbonyl (C=O) groups excluding carboxylic acids is 2. The molecule has 0 aliphatic rings. The standard InChI is InChI=1S/C18H29N3O3/c1-12(2)7-8-13(3)19-18(23)20-15-11-14(17(22)21(4)5)9-10-16(15)24-6/h9-13H,7-8H2,1-6H3,(H2,19,20,23)/t13-/m0/s1. The van der Waals surface area contributed by atoms with Gasteiger partial charge in [0.25, 0.3) is 5.91 Å². The van der Waals surface area contributed by atoms with E-state index < -0.39 is 0 Å². The summed E-state index contributed by atoms with van der Waals surface area (Å²) in [7, 11) is 4.89. The normalized spacial score (nSPS) is 11.8. The Kier molecular flexibility index (Phi) is 7.55. The van der Waals surface area contributed by atoms with Crippen molar-refractivity contribution in [1.82, 2.24) is 10.2 Å². The van der Waals surface area contributed by atoms with Crippen LogP contribution in [-0.2, 0) is 0 Å². The van der Waals surface area contributed by atoms with E-state index in [4.69, 9.17) is 4.74 Å². The first-order valence-corrected chi connectivity index (χ1v) is 8.21. The highest BCUT2D eigenvalue weighted by Gasteiger charge is 2.14. The molecular formula is C18H29N3O3. The van der Waals surface area contributed by atoms with E-state index in [2.05, 4.69) is 24.5 Å². The molecule has 134 valence electrons. The third-order valence-corrected chi connectivity index (χ3v) is 3.66. The van der Waals surface area contributed by atoms with Crippen LogP contribution in [0.4, 0.5) is 10.5 Å². The van der Waals surface area contributed by atoms with Crippen LogP contribution < -0.4 is 15.4 Å². The summed E-state index contributed by atoms with van der Waals surface area (Å²) in [5.74, 6) is 0.979. The van der Waals surface area contributed by atoms with Gasteiger partial charge in [0.05, 0.1) is 12.8 Å². The zero-order valence-corrected chi connectivity index (χ0v) is 15.5. The number of anilines is 1. The lowest BCUT2D eigenvalue weighted by atomic mass is 10.0. The molecule has 0 radical (unpaired) electrons. The predicted octanol–water partition coefficient (Wildman–Crippen LogP) is 3.34. The van der Waals surface area contributed by atoms with Gasteiger partial charge in [0.15, 0.2) is 0 Å². The number of hydrogen-bond acceptors (Lipinski definition) is 3. The summed E-state index contributed by atoms with van der Waals surface area (Å²) in [6.45, 7) is 6.29. The van der Waals surface area contributed by atoms with Crippen LogP contribution in [0.25, 0.3) is 0 Å². The second kappa shape index (κ2) is 9.15. The quantitative estimate of drug-likeness (QED) is 0.803. The maximum absolute atomic E-state index is 12.2. The summed E-state index contributed by atoms with van der Waals surface area (Å²) in [6.07, 6.45) is 1.97. The molecule has 6 heteroatoms. The van der Waals surface area contributed by atoms with Gasteiger partial charge in [-0.1, -0.05) is 13.8 Å². The minimum Gasteiger partial charge on any atom is -0.495 e. The SMILES string of the molecule is COc1ccc(C(=O)N(C)C)cc1NC(=O)N[C@@H](C)CCC(C)C. The van der Waals surface area contributed by atoms with Crippen molar-refractivity contribution < 1.29 is 14.3 Å². The topological polar surface area (TPSA) is 70.7 Å². The van der Waals surface area contributed by atoms with Crippen molar-refractivity contribution in [3.63, 3.8) is 0 Å². The van der Waals surface area contributed by atoms with Gasteiger partial charge in [0, 0.05) is 25.7 Å². The summed E-state index contributed by atoms with van der Waals surface area (Å²) >= 11 is 0. The molecule has 1 atom stereocenters. The second-order valence-corrected chi connectivity index (χ2v) is 6.59. The number of amides is 3. The van der Waals surface area contributed by atoms with E-state index in [9.17, 15) is 9.59 Å². The van der Waals surface area contributed by atoms with E-state index in [1.165, 1.54) is 12.0 Å². The van der Waals surface area contributed by atoms with Crippen molar-refractivity contribution in [3.05, 3.63) is 23.8 Å². The van der Waals surface area contributed by atoms with Crippen LogP contribution in [0.2, 0.25) is 0 Å². The second-order valence-electron chi connectivity index (χ2n) is 6.59. The summed E-state index contributed by atoms with van der Waals surface area (Å²) < 4.78 is 5.26. The number of methoxy groups -OCH3 is 1. The van der Waals surface area contributed by atoms with Gasteiger partial charge < -0.3 is 20.3 Å². The average Bonchev–Trinajstić information content (AvgIpc) is 2.51. The first-order valence-electron chi connectivity index (χ1n) is 8.21. The third kappa shape index (κ3) is 6.10. The van der Waals surface area contributed by atoms with Gasteiger partial charge in [-0.15, -0.1) is 0 Å². The van der Waals surface area contributed by atoms with Crippen molar-refractivity contribution in [2.45, 2.75) is 39.7 Å². The molecule has 0 aliphatic carbocycles. The Balaban J connectivity index is 2.79. The molecule has 0 aliphatic heterocycles. The van der Waals surface area contributed by atoms with Crippen molar-refractivity contribution in [2.24, 2.45) is 5.92 Å². The Morgan fingerprint density at radius 1 is 1.17 bits per heavy atom. The molecule has 24 heavy (non-hydrogen) atoms. The van der Waals surface area contributed by atoms with Crippen LogP contribution in [0.15, 0.2) is 18.2 Å². The van der Waals surface area contributed by atoms with E-state index in [0.717, 1.165) is 12.8 Å². The zero-order chi connectivity index (χ0) is 18.3. The highest BCUT2D eigenvalue weighted by molar-refractivity contribution is 5.97. The largest absolute Gasteiger partial charge is 0.495 e. The Hall–Kier alpha value is -2.24. The first-order chi connectivity index (χ1) is 11.2. The van der Waals surface area contributed by atoms with Crippen molar-refractivity contribution >= 4 is 17.6 Å². The molecule has 3 amide bonds. The number of carbonyl (C=O) groups is 2. The lowest BCUT2D eigenvalue weighted by Gasteiger charge is -2.17. The van der Waals surface area contributed by atoms with E-state index in [1.807, 2.05) is 6.92 Å². The Morgan fingerprint density at radius 3 is 2.38 bits per heavy atom. The fourth-order valence-corrected chi connectivity index (χ4v) is 2.23. The zero-order valence-electron chi connectivity index (χ0n) is 15.5. The highest BCUT2D eigenvalue weighted by atomic mass is 16.5. The van der Waals surface area contributed by atoms with E-state index in [0.29, 0.717) is 22.9 Å². The Bertz CT molecular complexity index is 571. The predicted molar refractivity (Wildman–Crippen MR) is 96.7 cm³/mol. The molecule has 0 saturated carbocycles. The molecule has 0 fully saturated rings. The van der Waals surface area contributed by atoms with E-state index in [1.54, 1.807) is 32.3 Å². The monoisotopic (exact) mass is 335 g/mol. The van der Waals surface area contributed by atoms with Crippen LogP contribution in [0.3, 0.4) is 0 Å². The van der Waals surface area contributed by atoms with Gasteiger partial charge in [-0.3, -0.25) is 4.79 Å². The molecular weight excluding hydrogens is 306 g/mol.